The molecule has 2 heterocycles. The van der Waals surface area contributed by atoms with Gasteiger partial charge in [0.2, 0.25) is 11.8 Å². The summed E-state index contributed by atoms with van der Waals surface area (Å²) in [6.07, 6.45) is -0.408. The number of halogens is 2. The first-order valence-corrected chi connectivity index (χ1v) is 8.21. The Hall–Kier alpha value is -2.71. The van der Waals surface area contributed by atoms with E-state index in [9.17, 15) is 23.2 Å². The summed E-state index contributed by atoms with van der Waals surface area (Å²) in [6, 6.07) is 4.77. The highest BCUT2D eigenvalue weighted by Crippen LogP contribution is 2.26. The molecule has 2 atom stereocenters. The molecule has 140 valence electrons. The molecule has 0 saturated carbocycles. The SMILES string of the molecule is C[C@H]1C(=O)N(C)CC2N(C(=O)c3ccc(OC(F)F)cc3)CCC(=O)N21. The molecule has 0 radical (unpaired) electrons. The first-order chi connectivity index (χ1) is 12.3. The van der Waals surface area contributed by atoms with Crippen LogP contribution in [0.4, 0.5) is 8.78 Å². The van der Waals surface area contributed by atoms with Gasteiger partial charge in [-0.1, -0.05) is 0 Å². The first kappa shape index (κ1) is 18.1. The maximum absolute atomic E-state index is 12.9. The van der Waals surface area contributed by atoms with Crippen LogP contribution in [0.5, 0.6) is 5.75 Å². The molecule has 1 aromatic carbocycles. The van der Waals surface area contributed by atoms with E-state index in [0.29, 0.717) is 5.56 Å². The van der Waals surface area contributed by atoms with Crippen LogP contribution in [0.3, 0.4) is 0 Å². The van der Waals surface area contributed by atoms with Crippen molar-refractivity contribution in [1.82, 2.24) is 14.7 Å². The first-order valence-electron chi connectivity index (χ1n) is 8.21. The Kier molecular flexibility index (Phi) is 4.80. The van der Waals surface area contributed by atoms with E-state index in [4.69, 9.17) is 0 Å². The van der Waals surface area contributed by atoms with Crippen molar-refractivity contribution in [3.8, 4) is 5.75 Å². The average Bonchev–Trinajstić information content (AvgIpc) is 2.59. The molecule has 3 amide bonds. The summed E-state index contributed by atoms with van der Waals surface area (Å²) in [6.45, 7) is -0.821. The summed E-state index contributed by atoms with van der Waals surface area (Å²) in [4.78, 5) is 41.8. The highest BCUT2D eigenvalue weighted by Gasteiger charge is 2.46. The van der Waals surface area contributed by atoms with Crippen molar-refractivity contribution < 1.29 is 27.9 Å². The molecule has 7 nitrogen and oxygen atoms in total. The van der Waals surface area contributed by atoms with Crippen molar-refractivity contribution in [2.75, 3.05) is 20.1 Å². The number of alkyl halides is 2. The number of hydrogen-bond donors (Lipinski definition) is 0. The van der Waals surface area contributed by atoms with Crippen LogP contribution in [0.15, 0.2) is 24.3 Å². The van der Waals surface area contributed by atoms with Crippen LogP contribution >= 0.6 is 0 Å². The van der Waals surface area contributed by atoms with Gasteiger partial charge in [-0.05, 0) is 31.2 Å². The van der Waals surface area contributed by atoms with E-state index in [2.05, 4.69) is 4.74 Å². The molecule has 0 N–H and O–H groups in total. The van der Waals surface area contributed by atoms with E-state index in [1.54, 1.807) is 18.9 Å². The molecule has 2 fully saturated rings. The zero-order valence-corrected chi connectivity index (χ0v) is 14.4. The number of nitrogens with zero attached hydrogens (tertiary/aromatic N) is 3. The zero-order valence-electron chi connectivity index (χ0n) is 14.4. The predicted molar refractivity (Wildman–Crippen MR) is 86.5 cm³/mol. The van der Waals surface area contributed by atoms with E-state index in [1.807, 2.05) is 0 Å². The number of carbonyl (C=O) groups is 3. The maximum atomic E-state index is 12.9. The molecule has 26 heavy (non-hydrogen) atoms. The molecule has 0 aliphatic carbocycles. The standard InChI is InChI=1S/C17H19F2N3O4/c1-10-15(24)20(2)9-13-21(8-7-14(23)22(10)13)16(25)11-3-5-12(6-4-11)26-17(18)19/h3-6,10,13,17H,7-9H2,1-2H3/t10-,13?/m0/s1. The van der Waals surface area contributed by atoms with Crippen LogP contribution in [-0.2, 0) is 9.59 Å². The molecule has 2 aliphatic rings. The Balaban J connectivity index is 1.82. The number of ether oxygens (including phenoxy) is 1. The molecular weight excluding hydrogens is 348 g/mol. The van der Waals surface area contributed by atoms with Gasteiger partial charge < -0.3 is 19.4 Å². The fourth-order valence-corrected chi connectivity index (χ4v) is 3.43. The van der Waals surface area contributed by atoms with Gasteiger partial charge in [-0.15, -0.1) is 0 Å². The van der Waals surface area contributed by atoms with Gasteiger partial charge in [-0.3, -0.25) is 14.4 Å². The second kappa shape index (κ2) is 6.89. The van der Waals surface area contributed by atoms with E-state index in [-0.39, 0.29) is 43.0 Å². The number of fused-ring (bicyclic) bond motifs is 1. The second-order valence-electron chi connectivity index (χ2n) is 6.33. The summed E-state index contributed by atoms with van der Waals surface area (Å²) < 4.78 is 28.7. The number of carbonyl (C=O) groups excluding carboxylic acids is 3. The Morgan fingerprint density at radius 1 is 1.23 bits per heavy atom. The highest BCUT2D eigenvalue weighted by molar-refractivity contribution is 5.97. The normalized spacial score (nSPS) is 23.3. The van der Waals surface area contributed by atoms with Crippen molar-refractivity contribution >= 4 is 17.7 Å². The number of piperazine rings is 1. The third-order valence-electron chi connectivity index (χ3n) is 4.71. The minimum Gasteiger partial charge on any atom is -0.435 e. The molecule has 0 bridgehead atoms. The Morgan fingerprint density at radius 3 is 2.50 bits per heavy atom. The molecule has 0 aromatic heterocycles. The number of benzene rings is 1. The Labute approximate surface area is 149 Å². The van der Waals surface area contributed by atoms with Gasteiger partial charge in [0.25, 0.3) is 5.91 Å². The fraction of sp³-hybridized carbons (Fsp3) is 0.471. The monoisotopic (exact) mass is 367 g/mol. The quantitative estimate of drug-likeness (QED) is 0.804. The van der Waals surface area contributed by atoms with Gasteiger partial charge in [0, 0.05) is 25.6 Å². The van der Waals surface area contributed by atoms with Crippen molar-refractivity contribution in [2.45, 2.75) is 32.2 Å². The van der Waals surface area contributed by atoms with Crippen molar-refractivity contribution in [3.63, 3.8) is 0 Å². The van der Waals surface area contributed by atoms with Crippen LogP contribution in [0, 0.1) is 0 Å². The van der Waals surface area contributed by atoms with Crippen molar-refractivity contribution in [2.24, 2.45) is 0 Å². The number of rotatable bonds is 3. The van der Waals surface area contributed by atoms with Crippen molar-refractivity contribution in [3.05, 3.63) is 29.8 Å². The molecule has 1 aromatic rings. The lowest BCUT2D eigenvalue weighted by atomic mass is 10.0. The summed E-state index contributed by atoms with van der Waals surface area (Å²) >= 11 is 0. The summed E-state index contributed by atoms with van der Waals surface area (Å²) in [7, 11) is 1.63. The molecular formula is C17H19F2N3O4. The number of hydrogen-bond acceptors (Lipinski definition) is 4. The minimum atomic E-state index is -2.94. The Morgan fingerprint density at radius 2 is 1.88 bits per heavy atom. The smallest absolute Gasteiger partial charge is 0.387 e. The van der Waals surface area contributed by atoms with Gasteiger partial charge in [0.15, 0.2) is 0 Å². The van der Waals surface area contributed by atoms with E-state index in [0.717, 1.165) is 0 Å². The van der Waals surface area contributed by atoms with Gasteiger partial charge in [0.1, 0.15) is 18.0 Å². The minimum absolute atomic E-state index is 0.0383. The average molecular weight is 367 g/mol. The third-order valence-corrected chi connectivity index (χ3v) is 4.71. The van der Waals surface area contributed by atoms with E-state index in [1.165, 1.54) is 34.1 Å². The second-order valence-corrected chi connectivity index (χ2v) is 6.33. The number of likely N-dealkylation sites (N-methyl/N-ethyl adjacent to an activating group) is 1. The zero-order chi connectivity index (χ0) is 19.0. The summed E-state index contributed by atoms with van der Waals surface area (Å²) in [5, 5.41) is 0. The summed E-state index contributed by atoms with van der Waals surface area (Å²) in [5.74, 6) is -0.694. The van der Waals surface area contributed by atoms with Crippen LogP contribution in [0.25, 0.3) is 0 Å². The molecule has 9 heteroatoms. The lowest BCUT2D eigenvalue weighted by Gasteiger charge is -2.50. The maximum Gasteiger partial charge on any atom is 0.387 e. The van der Waals surface area contributed by atoms with E-state index >= 15 is 0 Å². The fourth-order valence-electron chi connectivity index (χ4n) is 3.43. The van der Waals surface area contributed by atoms with Crippen LogP contribution < -0.4 is 4.74 Å². The highest BCUT2D eigenvalue weighted by atomic mass is 19.3. The van der Waals surface area contributed by atoms with Crippen LogP contribution in [0.2, 0.25) is 0 Å². The largest absolute Gasteiger partial charge is 0.435 e. The lowest BCUT2D eigenvalue weighted by Crippen LogP contribution is -2.70. The lowest BCUT2D eigenvalue weighted by molar-refractivity contribution is -0.164. The molecule has 3 rings (SSSR count). The summed E-state index contributed by atoms with van der Waals surface area (Å²) in [5.41, 5.74) is 0.299. The molecule has 2 saturated heterocycles. The van der Waals surface area contributed by atoms with Crippen LogP contribution in [0.1, 0.15) is 23.7 Å². The third kappa shape index (κ3) is 3.21. The van der Waals surface area contributed by atoms with E-state index < -0.39 is 18.8 Å². The van der Waals surface area contributed by atoms with Crippen molar-refractivity contribution in [1.29, 1.82) is 0 Å². The van der Waals surface area contributed by atoms with Gasteiger partial charge in [0.05, 0.1) is 6.54 Å². The van der Waals surface area contributed by atoms with Crippen LogP contribution in [-0.4, -0.2) is 71.4 Å². The topological polar surface area (TPSA) is 70.2 Å². The predicted octanol–water partition coefficient (Wildman–Crippen LogP) is 1.15. The van der Waals surface area contributed by atoms with Gasteiger partial charge in [-0.25, -0.2) is 0 Å². The van der Waals surface area contributed by atoms with Gasteiger partial charge in [-0.2, -0.15) is 8.78 Å². The van der Waals surface area contributed by atoms with Gasteiger partial charge >= 0.3 is 6.61 Å². The Bertz CT molecular complexity index is 725. The molecule has 2 aliphatic heterocycles. The molecule has 0 spiro atoms. The number of amides is 3. The molecule has 1 unspecified atom stereocenters.